The van der Waals surface area contributed by atoms with E-state index in [1.54, 1.807) is 12.4 Å². The Bertz CT molecular complexity index is 1580. The van der Waals surface area contributed by atoms with Crippen molar-refractivity contribution >= 4 is 23.1 Å². The Hall–Kier alpha value is -4.31. The highest BCUT2D eigenvalue weighted by atomic mass is 16.1. The van der Waals surface area contributed by atoms with Gasteiger partial charge >= 0.3 is 0 Å². The zero-order chi connectivity index (χ0) is 26.3. The van der Waals surface area contributed by atoms with Crippen LogP contribution in [0, 0.1) is 12.8 Å². The van der Waals surface area contributed by atoms with Crippen LogP contribution in [0.1, 0.15) is 73.0 Å². The highest BCUT2D eigenvalue weighted by molar-refractivity contribution is 5.93. The maximum Gasteiger partial charge on any atom is 0.227 e. The fourth-order valence-corrected chi connectivity index (χ4v) is 5.86. The van der Waals surface area contributed by atoms with Gasteiger partial charge in [-0.3, -0.25) is 9.78 Å². The molecule has 4 aromatic rings. The summed E-state index contributed by atoms with van der Waals surface area (Å²) in [6, 6.07) is 3.89. The summed E-state index contributed by atoms with van der Waals surface area (Å²) >= 11 is 0. The van der Waals surface area contributed by atoms with Gasteiger partial charge in [0.25, 0.3) is 0 Å². The number of fused-ring (bicyclic) bond motifs is 2. The van der Waals surface area contributed by atoms with Crippen molar-refractivity contribution in [2.24, 2.45) is 5.92 Å². The Labute approximate surface area is 226 Å². The van der Waals surface area contributed by atoms with Gasteiger partial charge in [-0.25, -0.2) is 20.4 Å². The second-order valence-corrected chi connectivity index (χ2v) is 10.7. The maximum absolute atomic E-state index is 12.8. The van der Waals surface area contributed by atoms with E-state index in [9.17, 15) is 4.79 Å². The van der Waals surface area contributed by atoms with Gasteiger partial charge in [-0.1, -0.05) is 25.3 Å². The van der Waals surface area contributed by atoms with Crippen LogP contribution in [-0.2, 0) is 11.2 Å². The number of nitrogens with one attached hydrogen (secondary N) is 4. The minimum Gasteiger partial charge on any atom is -0.344 e. The lowest BCUT2D eigenvalue weighted by Crippen LogP contribution is -2.24. The van der Waals surface area contributed by atoms with Gasteiger partial charge in [0.15, 0.2) is 0 Å². The molecule has 1 amide bonds. The number of aryl methyl sites for hydroxylation is 2. The molecule has 5 heterocycles. The Morgan fingerprint density at radius 2 is 1.95 bits per heavy atom. The van der Waals surface area contributed by atoms with Crippen molar-refractivity contribution < 1.29 is 4.79 Å². The average Bonchev–Trinajstić information content (AvgIpc) is 3.71. The van der Waals surface area contributed by atoms with Crippen molar-refractivity contribution in [1.29, 1.82) is 0 Å². The van der Waals surface area contributed by atoms with Gasteiger partial charge in [0.2, 0.25) is 5.91 Å². The highest BCUT2D eigenvalue weighted by Crippen LogP contribution is 2.36. The number of anilines is 2. The molecule has 0 aromatic carbocycles. The van der Waals surface area contributed by atoms with Crippen molar-refractivity contribution in [3.8, 4) is 11.1 Å². The molecule has 1 aliphatic heterocycles. The van der Waals surface area contributed by atoms with Gasteiger partial charge in [-0.05, 0) is 44.7 Å². The molecule has 39 heavy (non-hydrogen) atoms. The summed E-state index contributed by atoms with van der Waals surface area (Å²) < 4.78 is 2.04. The Morgan fingerprint density at radius 3 is 2.79 bits per heavy atom. The Kier molecular flexibility index (Phi) is 5.96. The first-order valence-electron chi connectivity index (χ1n) is 13.7. The number of imidazole rings is 2. The van der Waals surface area contributed by atoms with Crippen LogP contribution in [-0.4, -0.2) is 35.4 Å². The molecule has 1 unspecified atom stereocenters. The molecule has 3 aliphatic rings. The van der Waals surface area contributed by atoms with Crippen molar-refractivity contribution in [1.82, 2.24) is 34.9 Å². The number of hydrazine groups is 1. The lowest BCUT2D eigenvalue weighted by molar-refractivity contribution is -0.120. The van der Waals surface area contributed by atoms with Crippen molar-refractivity contribution in [3.05, 3.63) is 77.8 Å². The summed E-state index contributed by atoms with van der Waals surface area (Å²) in [7, 11) is 0. The van der Waals surface area contributed by atoms with Crippen LogP contribution in [0.25, 0.3) is 16.8 Å². The molecule has 0 bridgehead atoms. The number of rotatable bonds is 5. The summed E-state index contributed by atoms with van der Waals surface area (Å²) in [6.45, 7) is 1.99. The van der Waals surface area contributed by atoms with E-state index in [0.29, 0.717) is 5.69 Å². The zero-order valence-corrected chi connectivity index (χ0v) is 21.9. The number of carbonyl (C=O) groups excluding carboxylic acids is 1. The summed E-state index contributed by atoms with van der Waals surface area (Å²) in [4.78, 5) is 34.8. The number of hydrogen-bond acceptors (Lipinski definition) is 7. The van der Waals surface area contributed by atoms with Gasteiger partial charge in [0.05, 0.1) is 29.6 Å². The summed E-state index contributed by atoms with van der Waals surface area (Å²) in [5, 5.41) is 3.08. The van der Waals surface area contributed by atoms with Crippen molar-refractivity contribution in [2.75, 3.05) is 10.7 Å². The molecule has 1 saturated carbocycles. The topological polar surface area (TPSA) is 125 Å². The van der Waals surface area contributed by atoms with Gasteiger partial charge in [-0.2, -0.15) is 0 Å². The third kappa shape index (κ3) is 4.50. The van der Waals surface area contributed by atoms with Crippen LogP contribution >= 0.6 is 0 Å². The maximum atomic E-state index is 12.8. The standard InChI is InChI=1S/C29H31N9O/c1-17-15-38(16-32-17)24-9-5-8-23-26(24)35-28(34-23)25-22-11-20(13-31-27(22)37-36-25)19-10-21(14-30-12-19)33-29(39)18-6-3-2-4-7-18/h9-16,18,25,36H,2-8H2,1H3,(H,31,37)(H,33,39)(H,34,35). The number of aromatic nitrogens is 6. The van der Waals surface area contributed by atoms with E-state index in [1.165, 1.54) is 6.42 Å². The van der Waals surface area contributed by atoms with E-state index in [4.69, 9.17) is 4.98 Å². The summed E-state index contributed by atoms with van der Waals surface area (Å²) in [5.74, 6) is 1.79. The lowest BCUT2D eigenvalue weighted by atomic mass is 9.88. The fourth-order valence-electron chi connectivity index (χ4n) is 5.86. The minimum absolute atomic E-state index is 0.0919. The van der Waals surface area contributed by atoms with Gasteiger partial charge in [0.1, 0.15) is 23.4 Å². The third-order valence-corrected chi connectivity index (χ3v) is 7.91. The molecule has 0 spiro atoms. The van der Waals surface area contributed by atoms with Crippen LogP contribution in [0.3, 0.4) is 0 Å². The normalized spacial score (nSPS) is 18.7. The summed E-state index contributed by atoms with van der Waals surface area (Å²) in [6.07, 6.45) is 18.7. The molecule has 4 N–H and O–H groups in total. The predicted octanol–water partition coefficient (Wildman–Crippen LogP) is 4.75. The fraction of sp³-hybridized carbons (Fsp3) is 0.345. The number of carbonyl (C=O) groups is 1. The average molecular weight is 522 g/mol. The van der Waals surface area contributed by atoms with Crippen molar-refractivity contribution in [3.63, 3.8) is 0 Å². The summed E-state index contributed by atoms with van der Waals surface area (Å²) in [5.41, 5.74) is 14.2. The Balaban J connectivity index is 1.15. The minimum atomic E-state index is -0.189. The van der Waals surface area contributed by atoms with E-state index in [2.05, 4.69) is 48.2 Å². The predicted molar refractivity (Wildman–Crippen MR) is 149 cm³/mol. The van der Waals surface area contributed by atoms with E-state index in [0.717, 1.165) is 89.6 Å². The van der Waals surface area contributed by atoms with E-state index in [-0.39, 0.29) is 17.9 Å². The van der Waals surface area contributed by atoms with Crippen molar-refractivity contribution in [2.45, 2.75) is 57.9 Å². The molecule has 0 radical (unpaired) electrons. The lowest BCUT2D eigenvalue weighted by Gasteiger charge is -2.20. The largest absolute Gasteiger partial charge is 0.344 e. The molecular formula is C29H31N9O. The van der Waals surface area contributed by atoms with E-state index in [1.807, 2.05) is 36.3 Å². The number of aromatic amines is 1. The number of nitrogens with zero attached hydrogens (tertiary/aromatic N) is 5. The molecule has 10 heteroatoms. The third-order valence-electron chi connectivity index (χ3n) is 7.91. The molecule has 2 aliphatic carbocycles. The van der Waals surface area contributed by atoms with Crippen LogP contribution in [0.4, 0.5) is 11.5 Å². The second-order valence-electron chi connectivity index (χ2n) is 10.7. The first kappa shape index (κ1) is 23.8. The molecule has 198 valence electrons. The van der Waals surface area contributed by atoms with Crippen LogP contribution in [0.5, 0.6) is 0 Å². The monoisotopic (exact) mass is 521 g/mol. The first-order valence-corrected chi connectivity index (χ1v) is 13.7. The number of pyridine rings is 2. The molecule has 10 nitrogen and oxygen atoms in total. The number of amides is 1. The SMILES string of the molecule is Cc1cn(C2=CCCc3[nH]c(C4NNc5ncc(-c6cncc(NC(=O)C7CCCCC7)c6)cc54)nc32)cn1. The molecule has 1 fully saturated rings. The number of allylic oxidation sites excluding steroid dienone is 1. The van der Waals surface area contributed by atoms with E-state index < -0.39 is 0 Å². The Morgan fingerprint density at radius 1 is 1.08 bits per heavy atom. The second kappa shape index (κ2) is 9.77. The van der Waals surface area contributed by atoms with Gasteiger partial charge in [-0.15, -0.1) is 0 Å². The molecule has 0 saturated heterocycles. The zero-order valence-electron chi connectivity index (χ0n) is 21.9. The van der Waals surface area contributed by atoms with Crippen LogP contribution in [0.2, 0.25) is 0 Å². The quantitative estimate of drug-likeness (QED) is 0.299. The van der Waals surface area contributed by atoms with Gasteiger partial charge in [0, 0.05) is 46.9 Å². The number of H-pyrrole nitrogens is 1. The molecule has 4 aromatic heterocycles. The van der Waals surface area contributed by atoms with E-state index >= 15 is 0 Å². The van der Waals surface area contributed by atoms with Crippen LogP contribution in [0.15, 0.2) is 49.3 Å². The first-order chi connectivity index (χ1) is 19.1. The smallest absolute Gasteiger partial charge is 0.227 e. The van der Waals surface area contributed by atoms with Gasteiger partial charge < -0.3 is 20.3 Å². The number of hydrogen-bond donors (Lipinski definition) is 4. The molecular weight excluding hydrogens is 490 g/mol. The molecule has 7 rings (SSSR count). The molecule has 1 atom stereocenters. The van der Waals surface area contributed by atoms with Crippen LogP contribution < -0.4 is 16.2 Å². The highest BCUT2D eigenvalue weighted by Gasteiger charge is 2.30.